The van der Waals surface area contributed by atoms with Gasteiger partial charge in [-0.1, -0.05) is 91.7 Å². The second-order valence-electron chi connectivity index (χ2n) is 8.28. The fourth-order valence-corrected chi connectivity index (χ4v) is 16.7. The van der Waals surface area contributed by atoms with Crippen LogP contribution in [0.15, 0.2) is 0 Å². The maximum absolute atomic E-state index is 2.57. The Bertz CT molecular complexity index is 272. The van der Waals surface area contributed by atoms with Gasteiger partial charge in [-0.15, -0.1) is 0 Å². The highest BCUT2D eigenvalue weighted by Crippen LogP contribution is 2.58. The van der Waals surface area contributed by atoms with Crippen molar-refractivity contribution < 1.29 is 0 Å². The van der Waals surface area contributed by atoms with Crippen molar-refractivity contribution >= 4 is 24.3 Å². The van der Waals surface area contributed by atoms with Crippen molar-refractivity contribution in [3.8, 4) is 0 Å². The predicted molar refractivity (Wildman–Crippen MR) is 99.6 cm³/mol. The summed E-state index contributed by atoms with van der Waals surface area (Å²) in [5.74, 6) is 3.16. The molecule has 2 aliphatic heterocycles. The van der Waals surface area contributed by atoms with E-state index in [1.165, 1.54) is 38.5 Å². The highest BCUT2D eigenvalue weighted by molar-refractivity contribution is 8.48. The summed E-state index contributed by atoms with van der Waals surface area (Å²) < 4.78 is 0. The third-order valence-electron chi connectivity index (χ3n) is 6.28. The van der Waals surface area contributed by atoms with Crippen LogP contribution in [0.3, 0.4) is 0 Å². The predicted octanol–water partition coefficient (Wildman–Crippen LogP) is 6.99. The summed E-state index contributed by atoms with van der Waals surface area (Å²) in [6, 6.07) is 0. The van der Waals surface area contributed by atoms with E-state index in [0.717, 1.165) is 34.2 Å². The Morgan fingerprint density at radius 2 is 1.10 bits per heavy atom. The fraction of sp³-hybridized carbons (Fsp3) is 1.00. The van der Waals surface area contributed by atoms with Crippen molar-refractivity contribution in [1.82, 2.24) is 0 Å². The second kappa shape index (κ2) is 6.81. The zero-order valence-corrected chi connectivity index (χ0v) is 16.4. The molecule has 2 bridgehead atoms. The maximum atomic E-state index is 2.57. The van der Waals surface area contributed by atoms with E-state index >= 15 is 0 Å². The molecule has 0 unspecified atom stereocenters. The lowest BCUT2D eigenvalue weighted by molar-refractivity contribution is 0.452. The van der Waals surface area contributed by atoms with Gasteiger partial charge in [-0.05, 0) is 16.6 Å². The first kappa shape index (κ1) is 17.0. The molecule has 0 aromatic rings. The van der Waals surface area contributed by atoms with E-state index < -0.39 is 7.22 Å². The van der Waals surface area contributed by atoms with Crippen molar-refractivity contribution in [3.05, 3.63) is 0 Å². The molecule has 0 radical (unpaired) electrons. The smallest absolute Gasteiger partial charge is 0.208 e. The average molecular weight is 310 g/mol. The van der Waals surface area contributed by atoms with Crippen LogP contribution in [-0.2, 0) is 0 Å². The molecule has 2 rings (SSSR count). The molecule has 0 aliphatic carbocycles. The Morgan fingerprint density at radius 3 is 1.40 bits per heavy atom. The number of fused-ring (bicyclic) bond motifs is 2. The standard InChI is InChI=1S/C17H35BSSi/c1-13(2)20(14(3)4,15(5)6)19-18-16-9-7-10-17(18)12-8-11-16/h13-17H,7-12H2,1-6H3. The third-order valence-corrected chi connectivity index (χ3v) is 19.4. The molecule has 2 heterocycles. The Balaban J connectivity index is 2.23. The van der Waals surface area contributed by atoms with Crippen LogP contribution >= 0.6 is 11.1 Å². The number of hydrogen-bond donors (Lipinski definition) is 0. The molecule has 2 saturated heterocycles. The monoisotopic (exact) mass is 310 g/mol. The summed E-state index contributed by atoms with van der Waals surface area (Å²) in [4.78, 5) is 0. The summed E-state index contributed by atoms with van der Waals surface area (Å²) in [7, 11) is -1.26. The molecular formula is C17H35BSSi. The molecular weight excluding hydrogens is 275 g/mol. The minimum Gasteiger partial charge on any atom is -0.228 e. The Labute approximate surface area is 132 Å². The largest absolute Gasteiger partial charge is 0.228 e. The molecule has 0 N–H and O–H groups in total. The molecule has 0 amide bonds. The number of rotatable bonds is 5. The summed E-state index contributed by atoms with van der Waals surface area (Å²) in [5, 5.41) is 0. The van der Waals surface area contributed by atoms with Crippen molar-refractivity contribution in [2.75, 3.05) is 0 Å². The average Bonchev–Trinajstić information content (AvgIpc) is 2.33. The molecule has 2 aliphatic rings. The van der Waals surface area contributed by atoms with Crippen molar-refractivity contribution in [2.24, 2.45) is 0 Å². The van der Waals surface area contributed by atoms with Gasteiger partial charge >= 0.3 is 0 Å². The van der Waals surface area contributed by atoms with Gasteiger partial charge < -0.3 is 0 Å². The van der Waals surface area contributed by atoms with E-state index in [1.807, 2.05) is 0 Å². The van der Waals surface area contributed by atoms with Crippen LogP contribution in [0.5, 0.6) is 0 Å². The van der Waals surface area contributed by atoms with Gasteiger partial charge in [-0.25, -0.2) is 11.1 Å². The van der Waals surface area contributed by atoms with Gasteiger partial charge in [-0.3, -0.25) is 0 Å². The van der Waals surface area contributed by atoms with Crippen LogP contribution in [0.1, 0.15) is 80.1 Å². The molecule has 3 heteroatoms. The molecule has 0 nitrogen and oxygen atoms in total. The molecule has 0 aromatic heterocycles. The second-order valence-corrected chi connectivity index (χ2v) is 17.1. The van der Waals surface area contributed by atoms with Gasteiger partial charge in [0.1, 0.15) is 7.22 Å². The van der Waals surface area contributed by atoms with Crippen molar-refractivity contribution in [2.45, 2.75) is 108 Å². The lowest BCUT2D eigenvalue weighted by atomic mass is 9.42. The molecule has 0 atom stereocenters. The van der Waals surface area contributed by atoms with E-state index in [4.69, 9.17) is 0 Å². The minimum atomic E-state index is -1.26. The fourth-order valence-electron chi connectivity index (χ4n) is 5.45. The lowest BCUT2D eigenvalue weighted by Gasteiger charge is -2.49. The summed E-state index contributed by atoms with van der Waals surface area (Å²) in [5.41, 5.74) is 2.74. The Morgan fingerprint density at radius 1 is 0.750 bits per heavy atom. The first-order chi connectivity index (χ1) is 9.39. The summed E-state index contributed by atoms with van der Waals surface area (Å²) in [6.45, 7) is 15.2. The minimum absolute atomic E-state index is 0.912. The summed E-state index contributed by atoms with van der Waals surface area (Å²) in [6.07, 6.45) is 9.18. The topological polar surface area (TPSA) is 0 Å². The zero-order chi connectivity index (χ0) is 14.9. The molecule has 0 spiro atoms. The zero-order valence-electron chi connectivity index (χ0n) is 14.6. The first-order valence-electron chi connectivity index (χ1n) is 9.07. The van der Waals surface area contributed by atoms with Gasteiger partial charge in [0.25, 0.3) is 0 Å². The van der Waals surface area contributed by atoms with Crippen LogP contribution < -0.4 is 0 Å². The van der Waals surface area contributed by atoms with Crippen LogP contribution in [0.25, 0.3) is 0 Å². The first-order valence-corrected chi connectivity index (χ1v) is 12.9. The third kappa shape index (κ3) is 3.04. The van der Waals surface area contributed by atoms with Gasteiger partial charge in [0.15, 0.2) is 0 Å². The van der Waals surface area contributed by atoms with Crippen LogP contribution in [0.2, 0.25) is 28.3 Å². The van der Waals surface area contributed by atoms with Gasteiger partial charge in [0.2, 0.25) is 5.99 Å². The van der Waals surface area contributed by atoms with E-state index in [9.17, 15) is 0 Å². The highest BCUT2D eigenvalue weighted by atomic mass is 32.4. The van der Waals surface area contributed by atoms with Gasteiger partial charge in [0.05, 0.1) is 0 Å². The molecule has 116 valence electrons. The van der Waals surface area contributed by atoms with Crippen LogP contribution in [0.4, 0.5) is 0 Å². The molecule has 2 fully saturated rings. The summed E-state index contributed by atoms with van der Waals surface area (Å²) >= 11 is 2.57. The SMILES string of the molecule is CC(C)[Si](SB1C2CCCC1CCC2)(C(C)C)C(C)C. The van der Waals surface area contributed by atoms with E-state index in [1.54, 1.807) is 0 Å². The quantitative estimate of drug-likeness (QED) is 0.493. The van der Waals surface area contributed by atoms with E-state index in [-0.39, 0.29) is 0 Å². The lowest BCUT2D eigenvalue weighted by Crippen LogP contribution is -2.47. The van der Waals surface area contributed by atoms with Crippen molar-refractivity contribution in [3.63, 3.8) is 0 Å². The van der Waals surface area contributed by atoms with E-state index in [0.29, 0.717) is 0 Å². The number of hydrogen-bond acceptors (Lipinski definition) is 1. The molecule has 0 aromatic carbocycles. The van der Waals surface area contributed by atoms with E-state index in [2.05, 4.69) is 52.6 Å². The Hall–Kier alpha value is 0.632. The molecule has 20 heavy (non-hydrogen) atoms. The van der Waals surface area contributed by atoms with Crippen LogP contribution in [-0.4, -0.2) is 13.2 Å². The van der Waals surface area contributed by atoms with Crippen LogP contribution in [0, 0.1) is 0 Å². The Kier molecular flexibility index (Phi) is 5.79. The van der Waals surface area contributed by atoms with Gasteiger partial charge in [0, 0.05) is 0 Å². The van der Waals surface area contributed by atoms with Crippen molar-refractivity contribution in [1.29, 1.82) is 0 Å². The maximum Gasteiger partial charge on any atom is 0.208 e. The van der Waals surface area contributed by atoms with Gasteiger partial charge in [-0.2, -0.15) is 0 Å². The highest BCUT2D eigenvalue weighted by Gasteiger charge is 2.50. The molecule has 0 saturated carbocycles. The normalized spacial score (nSPS) is 27.8.